The molecule has 150 valence electrons. The largest absolute Gasteiger partial charge is 0.339 e. The van der Waals surface area contributed by atoms with E-state index in [1.807, 2.05) is 30.0 Å². The Morgan fingerprint density at radius 3 is 2.39 bits per heavy atom. The minimum Gasteiger partial charge on any atom is -0.339 e. The Kier molecular flexibility index (Phi) is 7.73. The summed E-state index contributed by atoms with van der Waals surface area (Å²) >= 11 is 0. The predicted octanol–water partition coefficient (Wildman–Crippen LogP) is 5.03. The van der Waals surface area contributed by atoms with Crippen molar-refractivity contribution in [1.82, 2.24) is 9.88 Å². The maximum absolute atomic E-state index is 12.8. The van der Waals surface area contributed by atoms with Crippen molar-refractivity contribution >= 4 is 17.5 Å². The third-order valence-corrected chi connectivity index (χ3v) is 4.68. The minimum absolute atomic E-state index is 0.0566. The van der Waals surface area contributed by atoms with Crippen LogP contribution in [0.5, 0.6) is 0 Å². The Morgan fingerprint density at radius 1 is 1.11 bits per heavy atom. The smallest absolute Gasteiger partial charge is 0.274 e. The fourth-order valence-electron chi connectivity index (χ4n) is 3.24. The van der Waals surface area contributed by atoms with Gasteiger partial charge in [0.15, 0.2) is 0 Å². The molecule has 0 atom stereocenters. The van der Waals surface area contributed by atoms with E-state index in [0.29, 0.717) is 18.7 Å². The van der Waals surface area contributed by atoms with Gasteiger partial charge in [-0.25, -0.2) is 0 Å². The van der Waals surface area contributed by atoms with Crippen molar-refractivity contribution in [3.05, 3.63) is 58.9 Å². The number of pyridine rings is 1. The van der Waals surface area contributed by atoms with Gasteiger partial charge in [0, 0.05) is 30.5 Å². The van der Waals surface area contributed by atoms with Crippen molar-refractivity contribution in [3.63, 3.8) is 0 Å². The Balaban J connectivity index is 2.27. The fraction of sp³-hybridized carbons (Fsp3) is 0.435. The molecule has 0 aliphatic heterocycles. The molecule has 5 heteroatoms. The summed E-state index contributed by atoms with van der Waals surface area (Å²) in [5, 5.41) is 3.00. The van der Waals surface area contributed by atoms with Crippen molar-refractivity contribution in [3.8, 4) is 0 Å². The first-order chi connectivity index (χ1) is 13.4. The molecule has 0 aliphatic rings. The standard InChI is InChI=1S/C23H31N3O2/c1-6-13-26(14-7-2)23(28)18-11-12-24-20(15-18)22(27)25-21-17(5)9-8-10-19(21)16(3)4/h8-12,15-16H,6-7,13-14H2,1-5H3,(H,25,27). The molecular weight excluding hydrogens is 350 g/mol. The number of hydrogen-bond donors (Lipinski definition) is 1. The van der Waals surface area contributed by atoms with E-state index >= 15 is 0 Å². The molecule has 5 nitrogen and oxygen atoms in total. The summed E-state index contributed by atoms with van der Waals surface area (Å²) in [5.41, 5.74) is 3.65. The summed E-state index contributed by atoms with van der Waals surface area (Å²) in [5.74, 6) is -0.0741. The Hall–Kier alpha value is -2.69. The molecule has 0 radical (unpaired) electrons. The highest BCUT2D eigenvalue weighted by Crippen LogP contribution is 2.27. The molecule has 0 fully saturated rings. The van der Waals surface area contributed by atoms with Crippen LogP contribution in [0.4, 0.5) is 5.69 Å². The third kappa shape index (κ3) is 5.18. The van der Waals surface area contributed by atoms with Crippen LogP contribution in [0.15, 0.2) is 36.5 Å². The van der Waals surface area contributed by atoms with Gasteiger partial charge >= 0.3 is 0 Å². The van der Waals surface area contributed by atoms with Gasteiger partial charge in [-0.05, 0) is 48.9 Å². The van der Waals surface area contributed by atoms with E-state index < -0.39 is 0 Å². The molecule has 0 saturated heterocycles. The van der Waals surface area contributed by atoms with E-state index in [1.165, 1.54) is 6.20 Å². The van der Waals surface area contributed by atoms with E-state index in [-0.39, 0.29) is 23.4 Å². The topological polar surface area (TPSA) is 62.3 Å². The minimum atomic E-state index is -0.302. The van der Waals surface area contributed by atoms with Gasteiger partial charge in [-0.15, -0.1) is 0 Å². The van der Waals surface area contributed by atoms with Gasteiger partial charge < -0.3 is 10.2 Å². The number of benzene rings is 1. The molecule has 0 spiro atoms. The molecule has 1 aromatic carbocycles. The highest BCUT2D eigenvalue weighted by Gasteiger charge is 2.18. The van der Waals surface area contributed by atoms with Gasteiger partial charge in [0.25, 0.3) is 11.8 Å². The van der Waals surface area contributed by atoms with Crippen LogP contribution in [-0.4, -0.2) is 34.8 Å². The van der Waals surface area contributed by atoms with Crippen LogP contribution in [0.3, 0.4) is 0 Å². The molecule has 0 saturated carbocycles. The molecular formula is C23H31N3O2. The number of rotatable bonds is 8. The van der Waals surface area contributed by atoms with Crippen LogP contribution in [0.2, 0.25) is 0 Å². The number of aryl methyl sites for hydroxylation is 1. The number of carbonyl (C=O) groups is 2. The number of nitrogens with zero attached hydrogens (tertiary/aromatic N) is 2. The average molecular weight is 382 g/mol. The van der Waals surface area contributed by atoms with Crippen molar-refractivity contribution < 1.29 is 9.59 Å². The highest BCUT2D eigenvalue weighted by molar-refractivity contribution is 6.05. The first-order valence-electron chi connectivity index (χ1n) is 10.0. The van der Waals surface area contributed by atoms with Gasteiger partial charge in [0.05, 0.1) is 0 Å². The fourth-order valence-corrected chi connectivity index (χ4v) is 3.24. The Morgan fingerprint density at radius 2 is 1.79 bits per heavy atom. The Labute approximate surface area is 168 Å². The number of nitrogens with one attached hydrogen (secondary N) is 1. The quantitative estimate of drug-likeness (QED) is 0.698. The lowest BCUT2D eigenvalue weighted by molar-refractivity contribution is 0.0755. The molecule has 0 aliphatic carbocycles. The van der Waals surface area contributed by atoms with Crippen molar-refractivity contribution in [1.29, 1.82) is 0 Å². The Bertz CT molecular complexity index is 824. The number of carbonyl (C=O) groups excluding carboxylic acids is 2. The number of hydrogen-bond acceptors (Lipinski definition) is 3. The van der Waals surface area contributed by atoms with Gasteiger partial charge in [0.1, 0.15) is 5.69 Å². The summed E-state index contributed by atoms with van der Waals surface area (Å²) in [7, 11) is 0. The molecule has 0 unspecified atom stereocenters. The van der Waals surface area contributed by atoms with E-state index in [2.05, 4.69) is 38.0 Å². The molecule has 28 heavy (non-hydrogen) atoms. The lowest BCUT2D eigenvalue weighted by Gasteiger charge is -2.21. The summed E-state index contributed by atoms with van der Waals surface area (Å²) in [4.78, 5) is 31.7. The second-order valence-electron chi connectivity index (χ2n) is 7.37. The lowest BCUT2D eigenvalue weighted by Crippen LogP contribution is -2.32. The summed E-state index contributed by atoms with van der Waals surface area (Å²) in [6.07, 6.45) is 3.32. The molecule has 1 N–H and O–H groups in total. The SMILES string of the molecule is CCCN(CCC)C(=O)c1ccnc(C(=O)Nc2c(C)cccc2C(C)C)c1. The average Bonchev–Trinajstić information content (AvgIpc) is 2.68. The number of aromatic nitrogens is 1. The monoisotopic (exact) mass is 381 g/mol. The normalized spacial score (nSPS) is 10.8. The van der Waals surface area contributed by atoms with E-state index in [4.69, 9.17) is 0 Å². The first-order valence-corrected chi connectivity index (χ1v) is 10.0. The van der Waals surface area contributed by atoms with Gasteiger partial charge in [-0.1, -0.05) is 45.9 Å². The maximum Gasteiger partial charge on any atom is 0.274 e. The number of para-hydroxylation sites is 1. The number of anilines is 1. The summed E-state index contributed by atoms with van der Waals surface area (Å²) in [6, 6.07) is 9.25. The van der Waals surface area contributed by atoms with Crippen LogP contribution < -0.4 is 5.32 Å². The second-order valence-corrected chi connectivity index (χ2v) is 7.37. The molecule has 2 amide bonds. The van der Waals surface area contributed by atoms with E-state index in [0.717, 1.165) is 29.7 Å². The zero-order valence-corrected chi connectivity index (χ0v) is 17.6. The summed E-state index contributed by atoms with van der Waals surface area (Å²) < 4.78 is 0. The van der Waals surface area contributed by atoms with Crippen molar-refractivity contribution in [2.24, 2.45) is 0 Å². The van der Waals surface area contributed by atoms with Crippen molar-refractivity contribution in [2.75, 3.05) is 18.4 Å². The zero-order valence-electron chi connectivity index (χ0n) is 17.6. The number of amides is 2. The maximum atomic E-state index is 12.8. The lowest BCUT2D eigenvalue weighted by atomic mass is 9.98. The molecule has 2 aromatic rings. The van der Waals surface area contributed by atoms with Crippen LogP contribution in [-0.2, 0) is 0 Å². The van der Waals surface area contributed by atoms with Crippen LogP contribution >= 0.6 is 0 Å². The van der Waals surface area contributed by atoms with Gasteiger partial charge in [-0.3, -0.25) is 14.6 Å². The van der Waals surface area contributed by atoms with Crippen LogP contribution in [0.25, 0.3) is 0 Å². The molecule has 1 heterocycles. The molecule has 2 rings (SSSR count). The van der Waals surface area contributed by atoms with E-state index in [1.54, 1.807) is 12.1 Å². The third-order valence-electron chi connectivity index (χ3n) is 4.68. The first kappa shape index (κ1) is 21.6. The summed E-state index contributed by atoms with van der Waals surface area (Å²) in [6.45, 7) is 11.7. The van der Waals surface area contributed by atoms with E-state index in [9.17, 15) is 9.59 Å². The van der Waals surface area contributed by atoms with Crippen LogP contribution in [0, 0.1) is 6.92 Å². The highest BCUT2D eigenvalue weighted by atomic mass is 16.2. The molecule has 1 aromatic heterocycles. The van der Waals surface area contributed by atoms with Crippen molar-refractivity contribution in [2.45, 2.75) is 53.4 Å². The second kappa shape index (κ2) is 10.0. The van der Waals surface area contributed by atoms with Crippen LogP contribution in [0.1, 0.15) is 78.4 Å². The van der Waals surface area contributed by atoms with Gasteiger partial charge in [-0.2, -0.15) is 0 Å². The van der Waals surface area contributed by atoms with Gasteiger partial charge in [0.2, 0.25) is 0 Å². The zero-order chi connectivity index (χ0) is 20.7. The molecule has 0 bridgehead atoms. The predicted molar refractivity (Wildman–Crippen MR) is 114 cm³/mol.